The summed E-state index contributed by atoms with van der Waals surface area (Å²) in [6.45, 7) is 1.78. The first-order valence-electron chi connectivity index (χ1n) is 9.62. The van der Waals surface area contributed by atoms with Crippen LogP contribution in [-0.4, -0.2) is 15.5 Å². The first kappa shape index (κ1) is 20.0. The molecule has 2 heterocycles. The van der Waals surface area contributed by atoms with Gasteiger partial charge in [-0.1, -0.05) is 55.5 Å². The van der Waals surface area contributed by atoms with E-state index in [-0.39, 0.29) is 17.8 Å². The SMILES string of the molecule is CCC(C(N)=O)n1c(Cc2ccccc2F)nc2scc(-c3ccccc3)c2c1=O. The second-order valence-electron chi connectivity index (χ2n) is 6.99. The highest BCUT2D eigenvalue weighted by molar-refractivity contribution is 7.17. The van der Waals surface area contributed by atoms with Crippen molar-refractivity contribution in [1.82, 2.24) is 9.55 Å². The van der Waals surface area contributed by atoms with E-state index in [9.17, 15) is 14.0 Å². The second kappa shape index (κ2) is 8.20. The number of nitrogens with two attached hydrogens (primary N) is 1. The molecule has 0 aliphatic rings. The number of benzene rings is 2. The van der Waals surface area contributed by atoms with E-state index in [1.807, 2.05) is 35.7 Å². The third-order valence-corrected chi connectivity index (χ3v) is 6.00. The van der Waals surface area contributed by atoms with Crippen LogP contribution in [0.25, 0.3) is 21.3 Å². The molecule has 0 radical (unpaired) electrons. The lowest BCUT2D eigenvalue weighted by molar-refractivity contribution is -0.121. The van der Waals surface area contributed by atoms with Crippen LogP contribution >= 0.6 is 11.3 Å². The third-order valence-electron chi connectivity index (χ3n) is 5.13. The lowest BCUT2D eigenvalue weighted by Gasteiger charge is -2.19. The summed E-state index contributed by atoms with van der Waals surface area (Å²) in [5.41, 5.74) is 7.33. The van der Waals surface area contributed by atoms with E-state index in [0.717, 1.165) is 11.1 Å². The van der Waals surface area contributed by atoms with Crippen molar-refractivity contribution in [3.8, 4) is 11.1 Å². The number of hydrogen-bond acceptors (Lipinski definition) is 4. The Kier molecular flexibility index (Phi) is 5.46. The quantitative estimate of drug-likeness (QED) is 0.504. The summed E-state index contributed by atoms with van der Waals surface area (Å²) in [5, 5.41) is 2.33. The maximum atomic E-state index is 14.3. The zero-order valence-corrected chi connectivity index (χ0v) is 17.2. The van der Waals surface area contributed by atoms with Gasteiger partial charge in [0.1, 0.15) is 22.5 Å². The van der Waals surface area contributed by atoms with E-state index in [0.29, 0.717) is 28.0 Å². The molecule has 2 aromatic carbocycles. The Bertz CT molecular complexity index is 1280. The van der Waals surface area contributed by atoms with Gasteiger partial charge in [0.25, 0.3) is 5.56 Å². The monoisotopic (exact) mass is 421 g/mol. The fourth-order valence-electron chi connectivity index (χ4n) is 3.64. The molecular formula is C23H20FN3O2S. The Morgan fingerprint density at radius 1 is 1.17 bits per heavy atom. The van der Waals surface area contributed by atoms with Crippen LogP contribution < -0.4 is 11.3 Å². The zero-order valence-electron chi connectivity index (χ0n) is 16.3. The van der Waals surface area contributed by atoms with Gasteiger partial charge in [-0.25, -0.2) is 9.37 Å². The van der Waals surface area contributed by atoms with Gasteiger partial charge < -0.3 is 5.73 Å². The molecular weight excluding hydrogens is 401 g/mol. The van der Waals surface area contributed by atoms with Crippen molar-refractivity contribution in [2.24, 2.45) is 5.73 Å². The number of carbonyl (C=O) groups excluding carboxylic acids is 1. The Morgan fingerprint density at radius 2 is 1.87 bits per heavy atom. The summed E-state index contributed by atoms with van der Waals surface area (Å²) in [6, 6.07) is 15.0. The highest BCUT2D eigenvalue weighted by Crippen LogP contribution is 2.32. The normalized spacial score (nSPS) is 12.2. The van der Waals surface area contributed by atoms with Crippen LogP contribution in [0.5, 0.6) is 0 Å². The Morgan fingerprint density at radius 3 is 2.53 bits per heavy atom. The van der Waals surface area contributed by atoms with E-state index in [1.165, 1.54) is 22.0 Å². The molecule has 152 valence electrons. The van der Waals surface area contributed by atoms with Crippen LogP contribution in [0.2, 0.25) is 0 Å². The van der Waals surface area contributed by atoms with Gasteiger partial charge in [0.2, 0.25) is 5.91 Å². The molecule has 0 aliphatic carbocycles. The number of nitrogens with zero attached hydrogens (tertiary/aromatic N) is 2. The number of fused-ring (bicyclic) bond motifs is 1. The maximum absolute atomic E-state index is 14.3. The van der Waals surface area contributed by atoms with Gasteiger partial charge in [0.15, 0.2) is 0 Å². The van der Waals surface area contributed by atoms with Crippen molar-refractivity contribution < 1.29 is 9.18 Å². The topological polar surface area (TPSA) is 78.0 Å². The van der Waals surface area contributed by atoms with E-state index in [1.54, 1.807) is 25.1 Å². The van der Waals surface area contributed by atoms with Crippen LogP contribution in [0, 0.1) is 5.82 Å². The smallest absolute Gasteiger partial charge is 0.263 e. The van der Waals surface area contributed by atoms with E-state index in [4.69, 9.17) is 5.73 Å². The lowest BCUT2D eigenvalue weighted by Crippen LogP contribution is -2.36. The minimum atomic E-state index is -0.861. The van der Waals surface area contributed by atoms with Crippen molar-refractivity contribution in [3.63, 3.8) is 0 Å². The lowest BCUT2D eigenvalue weighted by atomic mass is 10.1. The minimum Gasteiger partial charge on any atom is -0.368 e. The van der Waals surface area contributed by atoms with Gasteiger partial charge in [-0.15, -0.1) is 11.3 Å². The highest BCUT2D eigenvalue weighted by atomic mass is 32.1. The van der Waals surface area contributed by atoms with Crippen molar-refractivity contribution in [1.29, 1.82) is 0 Å². The minimum absolute atomic E-state index is 0.0835. The Hall–Kier alpha value is -3.32. The number of halogens is 1. The summed E-state index contributed by atoms with van der Waals surface area (Å²) in [6.07, 6.45) is 0.414. The summed E-state index contributed by atoms with van der Waals surface area (Å²) in [7, 11) is 0. The predicted octanol–water partition coefficient (Wildman–Crippen LogP) is 4.29. The largest absolute Gasteiger partial charge is 0.368 e. The molecule has 4 rings (SSSR count). The fourth-order valence-corrected chi connectivity index (χ4v) is 4.60. The van der Waals surface area contributed by atoms with Crippen molar-refractivity contribution in [3.05, 3.63) is 87.5 Å². The number of hydrogen-bond donors (Lipinski definition) is 1. The molecule has 5 nitrogen and oxygen atoms in total. The van der Waals surface area contributed by atoms with Gasteiger partial charge >= 0.3 is 0 Å². The molecule has 0 fully saturated rings. The van der Waals surface area contributed by atoms with Crippen molar-refractivity contribution in [2.45, 2.75) is 25.8 Å². The van der Waals surface area contributed by atoms with Crippen molar-refractivity contribution in [2.75, 3.05) is 0 Å². The third kappa shape index (κ3) is 3.52. The Balaban J connectivity index is 1.98. The average molecular weight is 421 g/mol. The van der Waals surface area contributed by atoms with Gasteiger partial charge in [-0.2, -0.15) is 0 Å². The maximum Gasteiger partial charge on any atom is 0.263 e. The highest BCUT2D eigenvalue weighted by Gasteiger charge is 2.25. The first-order chi connectivity index (χ1) is 14.5. The first-order valence-corrected chi connectivity index (χ1v) is 10.5. The predicted molar refractivity (Wildman–Crippen MR) is 117 cm³/mol. The number of primary amides is 1. The zero-order chi connectivity index (χ0) is 21.3. The number of aromatic nitrogens is 2. The van der Waals surface area contributed by atoms with Crippen LogP contribution in [-0.2, 0) is 11.2 Å². The molecule has 30 heavy (non-hydrogen) atoms. The molecule has 1 atom stereocenters. The molecule has 2 aromatic heterocycles. The second-order valence-corrected chi connectivity index (χ2v) is 7.85. The van der Waals surface area contributed by atoms with Gasteiger partial charge in [0, 0.05) is 17.4 Å². The van der Waals surface area contributed by atoms with Crippen LogP contribution in [0.3, 0.4) is 0 Å². The van der Waals surface area contributed by atoms with Gasteiger partial charge in [0.05, 0.1) is 5.39 Å². The number of carbonyl (C=O) groups is 1. The molecule has 0 saturated carbocycles. The summed E-state index contributed by atoms with van der Waals surface area (Å²) < 4.78 is 15.6. The molecule has 0 saturated heterocycles. The number of thiophene rings is 1. The molecule has 4 aromatic rings. The molecule has 0 bridgehead atoms. The van der Waals surface area contributed by atoms with Gasteiger partial charge in [-0.05, 0) is 23.6 Å². The van der Waals surface area contributed by atoms with Crippen molar-refractivity contribution >= 4 is 27.5 Å². The number of rotatable bonds is 6. The number of amides is 1. The Labute approximate surface area is 176 Å². The van der Waals surface area contributed by atoms with E-state index in [2.05, 4.69) is 4.98 Å². The summed E-state index contributed by atoms with van der Waals surface area (Å²) in [4.78, 5) is 31.0. The molecule has 0 aliphatic heterocycles. The molecule has 2 N–H and O–H groups in total. The van der Waals surface area contributed by atoms with Gasteiger partial charge in [-0.3, -0.25) is 14.2 Å². The molecule has 0 spiro atoms. The standard InChI is InChI=1S/C23H20FN3O2S/c1-2-18(21(25)28)27-19(12-15-10-6-7-11-17(15)24)26-22-20(23(27)29)16(13-30-22)14-8-4-3-5-9-14/h3-11,13,18H,2,12H2,1H3,(H2,25,28). The van der Waals surface area contributed by atoms with Crippen LogP contribution in [0.1, 0.15) is 30.8 Å². The molecule has 1 unspecified atom stereocenters. The molecule has 7 heteroatoms. The fraction of sp³-hybridized carbons (Fsp3) is 0.174. The van der Waals surface area contributed by atoms with Crippen LogP contribution in [0.4, 0.5) is 4.39 Å². The summed E-state index contributed by atoms with van der Waals surface area (Å²) >= 11 is 1.35. The summed E-state index contributed by atoms with van der Waals surface area (Å²) in [5.74, 6) is -0.682. The molecule has 1 amide bonds. The van der Waals surface area contributed by atoms with Crippen LogP contribution in [0.15, 0.2) is 64.8 Å². The average Bonchev–Trinajstić information content (AvgIpc) is 3.17. The van der Waals surface area contributed by atoms with E-state index >= 15 is 0 Å². The van der Waals surface area contributed by atoms with E-state index < -0.39 is 11.9 Å².